The van der Waals surface area contributed by atoms with Gasteiger partial charge in [-0.05, 0) is 23.6 Å². The Bertz CT molecular complexity index is 584. The van der Waals surface area contributed by atoms with Crippen LogP contribution in [-0.4, -0.2) is 5.91 Å². The van der Waals surface area contributed by atoms with Crippen LogP contribution < -0.4 is 11.3 Å². The average Bonchev–Trinajstić information content (AvgIpc) is 2.54. The normalized spacial score (nSPS) is 11.9. The maximum Gasteiger partial charge on any atom is 0.238 e. The number of hydrogen-bond donors (Lipinski definition) is 2. The monoisotopic (exact) mass is 284 g/mol. The van der Waals surface area contributed by atoms with Gasteiger partial charge in [-0.15, -0.1) is 0 Å². The summed E-state index contributed by atoms with van der Waals surface area (Å²) < 4.78 is 5.91. The first-order valence-electron chi connectivity index (χ1n) is 6.93. The van der Waals surface area contributed by atoms with Crippen LogP contribution in [0.3, 0.4) is 0 Å². The van der Waals surface area contributed by atoms with E-state index in [9.17, 15) is 4.79 Å². The van der Waals surface area contributed by atoms with Crippen LogP contribution in [0.15, 0.2) is 54.6 Å². The lowest BCUT2D eigenvalue weighted by atomic mass is 10.0. The number of amides is 1. The van der Waals surface area contributed by atoms with E-state index in [2.05, 4.69) is 5.43 Å². The second kappa shape index (κ2) is 7.57. The highest BCUT2D eigenvalue weighted by molar-refractivity contribution is 5.78. The van der Waals surface area contributed by atoms with Crippen molar-refractivity contribution in [2.45, 2.75) is 26.1 Å². The molecule has 1 amide bonds. The molecule has 2 aromatic rings. The first kappa shape index (κ1) is 15.2. The van der Waals surface area contributed by atoms with Gasteiger partial charge in [0, 0.05) is 0 Å². The van der Waals surface area contributed by atoms with E-state index < -0.39 is 0 Å². The van der Waals surface area contributed by atoms with Crippen LogP contribution in [0.5, 0.6) is 0 Å². The highest BCUT2D eigenvalue weighted by atomic mass is 16.5. The molecule has 21 heavy (non-hydrogen) atoms. The Balaban J connectivity index is 2.01. The molecular formula is C17H20N2O2. The summed E-state index contributed by atoms with van der Waals surface area (Å²) in [5, 5.41) is 0. The van der Waals surface area contributed by atoms with Crippen molar-refractivity contribution >= 4 is 5.91 Å². The molecule has 0 aliphatic rings. The molecule has 4 heteroatoms. The van der Waals surface area contributed by atoms with Crippen LogP contribution >= 0.6 is 0 Å². The minimum absolute atomic E-state index is 0.00240. The van der Waals surface area contributed by atoms with Crippen molar-refractivity contribution in [2.75, 3.05) is 0 Å². The van der Waals surface area contributed by atoms with Gasteiger partial charge in [0.1, 0.15) is 0 Å². The summed E-state index contributed by atoms with van der Waals surface area (Å²) in [6, 6.07) is 17.8. The van der Waals surface area contributed by atoms with Crippen molar-refractivity contribution < 1.29 is 9.53 Å². The molecule has 1 unspecified atom stereocenters. The molecule has 0 saturated carbocycles. The summed E-state index contributed by atoms with van der Waals surface area (Å²) in [6.45, 7) is 2.48. The van der Waals surface area contributed by atoms with Crippen molar-refractivity contribution in [3.05, 3.63) is 71.3 Å². The van der Waals surface area contributed by atoms with Gasteiger partial charge in [0.05, 0.1) is 19.1 Å². The third-order valence-corrected chi connectivity index (χ3v) is 3.39. The quantitative estimate of drug-likeness (QED) is 0.486. The van der Waals surface area contributed by atoms with E-state index in [1.807, 2.05) is 61.5 Å². The average molecular weight is 284 g/mol. The van der Waals surface area contributed by atoms with Crippen LogP contribution in [0.1, 0.15) is 29.7 Å². The van der Waals surface area contributed by atoms with E-state index in [0.717, 1.165) is 16.7 Å². The molecule has 110 valence electrons. The van der Waals surface area contributed by atoms with Gasteiger partial charge in [-0.1, -0.05) is 54.6 Å². The van der Waals surface area contributed by atoms with E-state index in [0.29, 0.717) is 6.61 Å². The van der Waals surface area contributed by atoms with Crippen molar-refractivity contribution in [2.24, 2.45) is 5.84 Å². The molecule has 0 heterocycles. The number of nitrogens with one attached hydrogen (secondary N) is 1. The number of carbonyl (C=O) groups is 1. The predicted octanol–water partition coefficient (Wildman–Crippen LogP) is 2.50. The van der Waals surface area contributed by atoms with Crippen molar-refractivity contribution in [3.63, 3.8) is 0 Å². The lowest BCUT2D eigenvalue weighted by Crippen LogP contribution is -2.31. The summed E-state index contributed by atoms with van der Waals surface area (Å²) in [4.78, 5) is 11.4. The highest BCUT2D eigenvalue weighted by Gasteiger charge is 2.09. The van der Waals surface area contributed by atoms with Crippen LogP contribution in [0, 0.1) is 0 Å². The number of ether oxygens (including phenoxy) is 1. The molecule has 2 aromatic carbocycles. The van der Waals surface area contributed by atoms with Gasteiger partial charge in [0.15, 0.2) is 0 Å². The van der Waals surface area contributed by atoms with Crippen LogP contribution in [0.4, 0.5) is 0 Å². The smallest absolute Gasteiger partial charge is 0.238 e. The highest BCUT2D eigenvalue weighted by Crippen LogP contribution is 2.19. The predicted molar refractivity (Wildman–Crippen MR) is 82.1 cm³/mol. The molecule has 4 nitrogen and oxygen atoms in total. The summed E-state index contributed by atoms with van der Waals surface area (Å²) in [6.07, 6.45) is 0.262. The Morgan fingerprint density at radius 1 is 1.10 bits per heavy atom. The fourth-order valence-corrected chi connectivity index (χ4v) is 2.13. The van der Waals surface area contributed by atoms with Gasteiger partial charge in [0.25, 0.3) is 0 Å². The molecule has 0 spiro atoms. The molecule has 3 N–H and O–H groups in total. The van der Waals surface area contributed by atoms with Gasteiger partial charge in [-0.25, -0.2) is 5.84 Å². The lowest BCUT2D eigenvalue weighted by molar-refractivity contribution is -0.120. The second-order valence-electron chi connectivity index (χ2n) is 4.88. The molecule has 0 fully saturated rings. The van der Waals surface area contributed by atoms with E-state index in [1.54, 1.807) is 0 Å². The third kappa shape index (κ3) is 4.41. The van der Waals surface area contributed by atoms with Crippen molar-refractivity contribution in [1.29, 1.82) is 0 Å². The molecule has 0 bridgehead atoms. The number of nitrogens with two attached hydrogens (primary N) is 1. The van der Waals surface area contributed by atoms with Crippen LogP contribution in [0.2, 0.25) is 0 Å². The summed E-state index contributed by atoms with van der Waals surface area (Å²) >= 11 is 0. The third-order valence-electron chi connectivity index (χ3n) is 3.39. The summed E-state index contributed by atoms with van der Waals surface area (Å²) in [7, 11) is 0. The molecule has 0 radical (unpaired) electrons. The van der Waals surface area contributed by atoms with E-state index in [1.165, 1.54) is 0 Å². The maximum atomic E-state index is 11.4. The lowest BCUT2D eigenvalue weighted by Gasteiger charge is -2.15. The minimum Gasteiger partial charge on any atom is -0.369 e. The Morgan fingerprint density at radius 3 is 2.38 bits per heavy atom. The Morgan fingerprint density at radius 2 is 1.71 bits per heavy atom. The van der Waals surface area contributed by atoms with Gasteiger partial charge in [0.2, 0.25) is 5.91 Å². The Labute approximate surface area is 124 Å². The molecule has 2 rings (SSSR count). The zero-order valence-electron chi connectivity index (χ0n) is 12.1. The number of rotatable bonds is 6. The first-order valence-corrected chi connectivity index (χ1v) is 6.93. The maximum absolute atomic E-state index is 11.4. The fourth-order valence-electron chi connectivity index (χ4n) is 2.13. The number of carbonyl (C=O) groups excluding carboxylic acids is 1. The molecular weight excluding hydrogens is 264 g/mol. The van der Waals surface area contributed by atoms with Crippen LogP contribution in [-0.2, 0) is 22.6 Å². The summed E-state index contributed by atoms with van der Waals surface area (Å²) in [5.74, 6) is 4.93. The first-order chi connectivity index (χ1) is 10.2. The Kier molecular flexibility index (Phi) is 5.49. The zero-order valence-corrected chi connectivity index (χ0v) is 12.1. The van der Waals surface area contributed by atoms with Crippen LogP contribution in [0.25, 0.3) is 0 Å². The fraction of sp³-hybridized carbons (Fsp3) is 0.235. The van der Waals surface area contributed by atoms with Crippen molar-refractivity contribution in [3.8, 4) is 0 Å². The van der Waals surface area contributed by atoms with E-state index >= 15 is 0 Å². The molecule has 0 aliphatic heterocycles. The number of hydrogen-bond acceptors (Lipinski definition) is 3. The van der Waals surface area contributed by atoms with Gasteiger partial charge >= 0.3 is 0 Å². The van der Waals surface area contributed by atoms with Gasteiger partial charge < -0.3 is 4.74 Å². The zero-order chi connectivity index (χ0) is 15.1. The molecule has 1 atom stereocenters. The van der Waals surface area contributed by atoms with Gasteiger partial charge in [-0.2, -0.15) is 0 Å². The molecule has 0 aliphatic carbocycles. The van der Waals surface area contributed by atoms with Gasteiger partial charge in [-0.3, -0.25) is 10.2 Å². The summed E-state index contributed by atoms with van der Waals surface area (Å²) in [5.41, 5.74) is 5.22. The largest absolute Gasteiger partial charge is 0.369 e. The minimum atomic E-state index is -0.210. The second-order valence-corrected chi connectivity index (χ2v) is 4.88. The number of hydrazine groups is 1. The standard InChI is InChI=1S/C17H20N2O2/c1-13(14-7-3-2-4-8-14)21-12-16-10-6-5-9-15(16)11-17(20)19-18/h2-10,13H,11-12,18H2,1H3,(H,19,20). The SMILES string of the molecule is CC(OCc1ccccc1CC(=O)NN)c1ccccc1. The molecule has 0 aromatic heterocycles. The Hall–Kier alpha value is -2.17. The molecule has 0 saturated heterocycles. The topological polar surface area (TPSA) is 64.3 Å². The number of benzene rings is 2. The van der Waals surface area contributed by atoms with E-state index in [-0.39, 0.29) is 18.4 Å². The van der Waals surface area contributed by atoms with E-state index in [4.69, 9.17) is 10.6 Å². The van der Waals surface area contributed by atoms with Crippen molar-refractivity contribution in [1.82, 2.24) is 5.43 Å².